The molecule has 0 rings (SSSR count). The van der Waals surface area contributed by atoms with Crippen LogP contribution in [0.25, 0.3) is 0 Å². The highest BCUT2D eigenvalue weighted by molar-refractivity contribution is 7.85. The molecule has 6 nitrogen and oxygen atoms in total. The molecule has 0 aliphatic heterocycles. The van der Waals surface area contributed by atoms with Gasteiger partial charge in [-0.1, -0.05) is 127 Å². The predicted molar refractivity (Wildman–Crippen MR) is 161 cm³/mol. The molecule has 0 aliphatic rings. The van der Waals surface area contributed by atoms with Gasteiger partial charge in [0.1, 0.15) is 0 Å². The Balaban J connectivity index is 4.08. The Hall–Kier alpha value is -1.44. The zero-order valence-electron chi connectivity index (χ0n) is 24.3. The Bertz CT molecular complexity index is 745. The highest BCUT2D eigenvalue weighted by Gasteiger charge is 2.24. The molecule has 0 aromatic carbocycles. The molecule has 0 saturated carbocycles. The van der Waals surface area contributed by atoms with E-state index in [0.29, 0.717) is 6.42 Å². The monoisotopic (exact) mass is 555 g/mol. The second-order valence-corrected chi connectivity index (χ2v) is 11.9. The van der Waals surface area contributed by atoms with Gasteiger partial charge in [-0.2, -0.15) is 8.42 Å². The standard InChI is InChI=1S/C31H57NO5S/c1-3-5-7-9-11-13-14-15-16-17-19-21-23-25-27-31(34)32-29(28-38(35,36)37)30(33)26-24-22-20-18-12-10-8-6-4-2/h4,6,12,18,24,26,29-30,33H,3,5,7-11,13-17,19-23,25,27-28H2,1-2H3,(H,32,34)(H,35,36,37)/b6-4+,18-12+,26-24+. The summed E-state index contributed by atoms with van der Waals surface area (Å²) in [6.07, 6.45) is 31.5. The van der Waals surface area contributed by atoms with Crippen LogP contribution in [0.2, 0.25) is 0 Å². The van der Waals surface area contributed by atoms with E-state index in [1.165, 1.54) is 76.7 Å². The lowest BCUT2D eigenvalue weighted by molar-refractivity contribution is -0.122. The molecule has 1 amide bonds. The zero-order chi connectivity index (χ0) is 28.3. The van der Waals surface area contributed by atoms with E-state index in [-0.39, 0.29) is 12.3 Å². The third kappa shape index (κ3) is 26.2. The number of carbonyl (C=O) groups excluding carboxylic acids is 1. The third-order valence-electron chi connectivity index (χ3n) is 6.64. The normalized spacial score (nSPS) is 14.1. The summed E-state index contributed by atoms with van der Waals surface area (Å²) in [4.78, 5) is 12.3. The second-order valence-electron chi connectivity index (χ2n) is 10.4. The number of rotatable bonds is 26. The summed E-state index contributed by atoms with van der Waals surface area (Å²) in [6.45, 7) is 4.25. The van der Waals surface area contributed by atoms with Gasteiger partial charge in [0.05, 0.1) is 17.9 Å². The van der Waals surface area contributed by atoms with Gasteiger partial charge in [0.25, 0.3) is 10.1 Å². The van der Waals surface area contributed by atoms with E-state index in [2.05, 4.69) is 30.5 Å². The van der Waals surface area contributed by atoms with Crippen LogP contribution in [-0.2, 0) is 14.9 Å². The van der Waals surface area contributed by atoms with Crippen LogP contribution in [-0.4, -0.2) is 41.9 Å². The summed E-state index contributed by atoms with van der Waals surface area (Å²) >= 11 is 0. The van der Waals surface area contributed by atoms with Gasteiger partial charge in [-0.25, -0.2) is 0 Å². The minimum Gasteiger partial charge on any atom is -0.387 e. The van der Waals surface area contributed by atoms with Gasteiger partial charge in [-0.15, -0.1) is 0 Å². The number of carbonyl (C=O) groups is 1. The van der Waals surface area contributed by atoms with E-state index in [4.69, 9.17) is 0 Å². The topological polar surface area (TPSA) is 104 Å². The fourth-order valence-electron chi connectivity index (χ4n) is 4.37. The lowest BCUT2D eigenvalue weighted by Gasteiger charge is -2.21. The molecule has 38 heavy (non-hydrogen) atoms. The van der Waals surface area contributed by atoms with E-state index in [9.17, 15) is 22.9 Å². The Morgan fingerprint density at radius 2 is 1.18 bits per heavy atom. The first-order valence-corrected chi connectivity index (χ1v) is 16.8. The van der Waals surface area contributed by atoms with Crippen LogP contribution in [0.1, 0.15) is 136 Å². The largest absolute Gasteiger partial charge is 0.387 e. The first-order chi connectivity index (χ1) is 18.3. The van der Waals surface area contributed by atoms with Crippen molar-refractivity contribution < 1.29 is 22.9 Å². The van der Waals surface area contributed by atoms with E-state index >= 15 is 0 Å². The predicted octanol–water partition coefficient (Wildman–Crippen LogP) is 7.84. The van der Waals surface area contributed by atoms with E-state index in [1.807, 2.05) is 13.0 Å². The maximum Gasteiger partial charge on any atom is 0.267 e. The molecule has 222 valence electrons. The van der Waals surface area contributed by atoms with Gasteiger partial charge in [-0.3, -0.25) is 9.35 Å². The fraction of sp³-hybridized carbons (Fsp3) is 0.774. The Morgan fingerprint density at radius 1 is 0.737 bits per heavy atom. The molecule has 3 N–H and O–H groups in total. The summed E-state index contributed by atoms with van der Waals surface area (Å²) in [5, 5.41) is 13.0. The van der Waals surface area contributed by atoms with E-state index < -0.39 is 28.0 Å². The van der Waals surface area contributed by atoms with Crippen LogP contribution >= 0.6 is 0 Å². The van der Waals surface area contributed by atoms with Gasteiger partial charge in [0, 0.05) is 6.42 Å². The lowest BCUT2D eigenvalue weighted by atomic mass is 10.0. The minimum atomic E-state index is -4.34. The van der Waals surface area contributed by atoms with Crippen LogP contribution < -0.4 is 5.32 Å². The first-order valence-electron chi connectivity index (χ1n) is 15.2. The molecule has 7 heteroatoms. The summed E-state index contributed by atoms with van der Waals surface area (Å²) in [6, 6.07) is -1.07. The lowest BCUT2D eigenvalue weighted by Crippen LogP contribution is -2.46. The third-order valence-corrected chi connectivity index (χ3v) is 7.42. The van der Waals surface area contributed by atoms with Crippen molar-refractivity contribution >= 4 is 16.0 Å². The van der Waals surface area contributed by atoms with Crippen molar-refractivity contribution in [3.8, 4) is 0 Å². The van der Waals surface area contributed by atoms with Gasteiger partial charge < -0.3 is 10.4 Å². The molecular weight excluding hydrogens is 498 g/mol. The molecule has 0 fully saturated rings. The number of amides is 1. The SMILES string of the molecule is C/C=C/CC/C=C/CC/C=C/C(O)C(CS(=O)(=O)O)NC(=O)CCCCCCCCCCCCCCCC. The molecule has 0 aliphatic carbocycles. The second kappa shape index (κ2) is 25.8. The number of nitrogens with one attached hydrogen (secondary N) is 1. The Morgan fingerprint density at radius 3 is 1.66 bits per heavy atom. The molecule has 2 unspecified atom stereocenters. The molecule has 2 atom stereocenters. The van der Waals surface area contributed by atoms with Crippen molar-refractivity contribution in [3.63, 3.8) is 0 Å². The van der Waals surface area contributed by atoms with Gasteiger partial charge in [0.15, 0.2) is 0 Å². The van der Waals surface area contributed by atoms with Crippen LogP contribution in [0.5, 0.6) is 0 Å². The van der Waals surface area contributed by atoms with Crippen molar-refractivity contribution in [2.45, 2.75) is 148 Å². The molecule has 0 bridgehead atoms. The van der Waals surface area contributed by atoms with Crippen molar-refractivity contribution in [2.24, 2.45) is 0 Å². The van der Waals surface area contributed by atoms with Gasteiger partial charge in [-0.05, 0) is 39.0 Å². The van der Waals surface area contributed by atoms with Gasteiger partial charge >= 0.3 is 0 Å². The molecule has 0 radical (unpaired) electrons. The van der Waals surface area contributed by atoms with E-state index in [0.717, 1.165) is 38.5 Å². The zero-order valence-corrected chi connectivity index (χ0v) is 25.1. The number of allylic oxidation sites excluding steroid dienone is 5. The molecule has 0 aromatic rings. The number of aliphatic hydroxyl groups is 1. The summed E-state index contributed by atoms with van der Waals surface area (Å²) in [5.74, 6) is -1.01. The number of hydrogen-bond acceptors (Lipinski definition) is 4. The number of aliphatic hydroxyl groups excluding tert-OH is 1. The quantitative estimate of drug-likeness (QED) is 0.0573. The fourth-order valence-corrected chi connectivity index (χ4v) is 5.10. The van der Waals surface area contributed by atoms with E-state index in [1.54, 1.807) is 6.08 Å². The summed E-state index contributed by atoms with van der Waals surface area (Å²) in [5.41, 5.74) is 0. The Labute approximate surface area is 234 Å². The number of hydrogen-bond donors (Lipinski definition) is 3. The molecule has 0 aromatic heterocycles. The minimum absolute atomic E-state index is 0.286. The first kappa shape index (κ1) is 36.6. The van der Waals surface area contributed by atoms with Crippen molar-refractivity contribution in [1.29, 1.82) is 0 Å². The van der Waals surface area contributed by atoms with Crippen LogP contribution in [0.3, 0.4) is 0 Å². The summed E-state index contributed by atoms with van der Waals surface area (Å²) < 4.78 is 32.1. The molecule has 0 heterocycles. The highest BCUT2D eigenvalue weighted by atomic mass is 32.2. The van der Waals surface area contributed by atoms with Crippen molar-refractivity contribution in [3.05, 3.63) is 36.5 Å². The molecular formula is C31H57NO5S. The van der Waals surface area contributed by atoms with Crippen molar-refractivity contribution in [2.75, 3.05) is 5.75 Å². The maximum atomic E-state index is 12.3. The van der Waals surface area contributed by atoms with Crippen LogP contribution in [0.15, 0.2) is 36.5 Å². The maximum absolute atomic E-state index is 12.3. The van der Waals surface area contributed by atoms with Crippen molar-refractivity contribution in [1.82, 2.24) is 5.32 Å². The average molecular weight is 556 g/mol. The van der Waals surface area contributed by atoms with Crippen LogP contribution in [0, 0.1) is 0 Å². The highest BCUT2D eigenvalue weighted by Crippen LogP contribution is 2.13. The Kier molecular flexibility index (Phi) is 24.8. The van der Waals surface area contributed by atoms with Crippen LogP contribution in [0.4, 0.5) is 0 Å². The molecule has 0 saturated heterocycles. The number of unbranched alkanes of at least 4 members (excludes halogenated alkanes) is 15. The molecule has 0 spiro atoms. The smallest absolute Gasteiger partial charge is 0.267 e. The summed E-state index contributed by atoms with van der Waals surface area (Å²) in [7, 11) is -4.34. The van der Waals surface area contributed by atoms with Gasteiger partial charge in [0.2, 0.25) is 5.91 Å². The average Bonchev–Trinajstić information content (AvgIpc) is 2.86.